The van der Waals surface area contributed by atoms with Crippen LogP contribution in [0.1, 0.15) is 16.7 Å². The highest BCUT2D eigenvalue weighted by Crippen LogP contribution is 2.35. The third-order valence-corrected chi connectivity index (χ3v) is 4.95. The first-order valence-corrected chi connectivity index (χ1v) is 7.90. The van der Waals surface area contributed by atoms with E-state index >= 15 is 0 Å². The van der Waals surface area contributed by atoms with Crippen molar-refractivity contribution in [3.63, 3.8) is 0 Å². The van der Waals surface area contributed by atoms with Crippen molar-refractivity contribution in [1.29, 1.82) is 0 Å². The van der Waals surface area contributed by atoms with Gasteiger partial charge in [0.1, 0.15) is 0 Å². The van der Waals surface area contributed by atoms with E-state index in [9.17, 15) is 0 Å². The number of hydrogen-bond acceptors (Lipinski definition) is 3. The van der Waals surface area contributed by atoms with Gasteiger partial charge in [0.2, 0.25) is 0 Å². The summed E-state index contributed by atoms with van der Waals surface area (Å²) in [4.78, 5) is 0. The molecular formula is C18H16N2S. The first kappa shape index (κ1) is 12.9. The maximum atomic E-state index is 4.60. The van der Waals surface area contributed by atoms with Crippen molar-refractivity contribution < 1.29 is 0 Å². The van der Waals surface area contributed by atoms with E-state index in [0.29, 0.717) is 0 Å². The van der Waals surface area contributed by atoms with Crippen molar-refractivity contribution in [2.75, 3.05) is 0 Å². The minimum absolute atomic E-state index is 0.230. The molecule has 0 saturated carbocycles. The topological polar surface area (TPSA) is 24.4 Å². The molecule has 2 aliphatic rings. The lowest BCUT2D eigenvalue weighted by Crippen LogP contribution is -2.27. The van der Waals surface area contributed by atoms with Gasteiger partial charge in [-0.2, -0.15) is 0 Å². The fourth-order valence-corrected chi connectivity index (χ4v) is 3.76. The second-order valence-electron chi connectivity index (χ2n) is 5.54. The summed E-state index contributed by atoms with van der Waals surface area (Å²) >= 11 is 1.44. The zero-order valence-corrected chi connectivity index (χ0v) is 12.9. The molecule has 0 bridgehead atoms. The minimum Gasteiger partial charge on any atom is -0.231 e. The predicted octanol–water partition coefficient (Wildman–Crippen LogP) is 4.39. The highest BCUT2D eigenvalue weighted by molar-refractivity contribution is 7.96. The average molecular weight is 292 g/mol. The van der Waals surface area contributed by atoms with Gasteiger partial charge in [-0.05, 0) is 41.3 Å². The summed E-state index contributed by atoms with van der Waals surface area (Å²) in [6.45, 7) is 4.40. The number of hydrogen-bond donors (Lipinski definition) is 1. The number of rotatable bonds is 1. The van der Waals surface area contributed by atoms with Crippen LogP contribution in [0.2, 0.25) is 0 Å². The monoisotopic (exact) mass is 292 g/mol. The number of nitrogens with zero attached hydrogens (tertiary/aromatic N) is 1. The Balaban J connectivity index is 2.04. The largest absolute Gasteiger partial charge is 0.231 e. The Labute approximate surface area is 128 Å². The number of aryl methyl sites for hydroxylation is 1. The molecule has 21 heavy (non-hydrogen) atoms. The summed E-state index contributed by atoms with van der Waals surface area (Å²) in [6.07, 6.45) is 6.49. The van der Waals surface area contributed by atoms with E-state index in [-0.39, 0.29) is 6.04 Å². The molecule has 1 N–H and O–H groups in total. The normalized spacial score (nSPS) is 20.4. The van der Waals surface area contributed by atoms with Crippen LogP contribution in [-0.2, 0) is 0 Å². The van der Waals surface area contributed by atoms with Gasteiger partial charge in [0.25, 0.3) is 0 Å². The fraction of sp³-hybridized carbons (Fsp3) is 0.167. The van der Waals surface area contributed by atoms with Crippen LogP contribution >= 0.6 is 12.1 Å². The van der Waals surface area contributed by atoms with E-state index in [2.05, 4.69) is 71.5 Å². The minimum atomic E-state index is 0.230. The third kappa shape index (κ3) is 1.96. The van der Waals surface area contributed by atoms with Gasteiger partial charge < -0.3 is 0 Å². The maximum Gasteiger partial charge on any atom is 0.0807 e. The number of fused-ring (bicyclic) bond motifs is 2. The lowest BCUT2D eigenvalue weighted by molar-refractivity contribution is 1.01. The molecule has 1 aliphatic heterocycles. The summed E-state index contributed by atoms with van der Waals surface area (Å²) in [5.74, 6) is 0. The van der Waals surface area contributed by atoms with Crippen LogP contribution in [0.5, 0.6) is 0 Å². The third-order valence-electron chi connectivity index (χ3n) is 4.30. The quantitative estimate of drug-likeness (QED) is 0.789. The molecule has 0 saturated heterocycles. The highest BCUT2D eigenvalue weighted by Gasteiger charge is 2.27. The summed E-state index contributed by atoms with van der Waals surface area (Å²) in [5.41, 5.74) is 6.38. The molecular weight excluding hydrogens is 276 g/mol. The van der Waals surface area contributed by atoms with E-state index in [1.165, 1.54) is 45.2 Å². The highest BCUT2D eigenvalue weighted by atomic mass is 32.2. The SMILES string of the molecule is Cc1cc2ccccc2c(C2=CC=CC3NSN=C23)c1C. The van der Waals surface area contributed by atoms with Gasteiger partial charge in [0, 0.05) is 5.57 Å². The Kier molecular flexibility index (Phi) is 2.98. The van der Waals surface area contributed by atoms with E-state index in [4.69, 9.17) is 0 Å². The Morgan fingerprint density at radius 3 is 2.95 bits per heavy atom. The lowest BCUT2D eigenvalue weighted by atomic mass is 9.85. The number of nitrogens with one attached hydrogen (secondary N) is 1. The smallest absolute Gasteiger partial charge is 0.0807 e. The molecule has 1 aliphatic carbocycles. The Morgan fingerprint density at radius 1 is 1.19 bits per heavy atom. The van der Waals surface area contributed by atoms with Gasteiger partial charge >= 0.3 is 0 Å². The Morgan fingerprint density at radius 2 is 2.05 bits per heavy atom. The van der Waals surface area contributed by atoms with Gasteiger partial charge in [0.05, 0.1) is 23.9 Å². The molecule has 1 unspecified atom stereocenters. The number of allylic oxidation sites excluding steroid dienone is 2. The van der Waals surface area contributed by atoms with Crippen LogP contribution < -0.4 is 4.72 Å². The van der Waals surface area contributed by atoms with Gasteiger partial charge in [-0.1, -0.05) is 48.6 Å². The molecule has 2 aromatic carbocycles. The summed E-state index contributed by atoms with van der Waals surface area (Å²) in [6, 6.07) is 11.1. The van der Waals surface area contributed by atoms with Crippen molar-refractivity contribution >= 4 is 34.2 Å². The molecule has 0 amide bonds. The summed E-state index contributed by atoms with van der Waals surface area (Å²) in [7, 11) is 0. The molecule has 0 fully saturated rings. The Bertz CT molecular complexity index is 830. The molecule has 1 atom stereocenters. The molecule has 104 valence electrons. The van der Waals surface area contributed by atoms with E-state index in [1.807, 2.05) is 0 Å². The fourth-order valence-electron chi connectivity index (χ4n) is 3.09. The van der Waals surface area contributed by atoms with Crippen molar-refractivity contribution in [2.24, 2.45) is 4.40 Å². The van der Waals surface area contributed by atoms with Crippen molar-refractivity contribution in [2.45, 2.75) is 19.9 Å². The molecule has 0 radical (unpaired) electrons. The lowest BCUT2D eigenvalue weighted by Gasteiger charge is -2.20. The molecule has 4 rings (SSSR count). The molecule has 0 aromatic heterocycles. The van der Waals surface area contributed by atoms with E-state index in [0.717, 1.165) is 5.71 Å². The van der Waals surface area contributed by atoms with Crippen molar-refractivity contribution in [3.8, 4) is 0 Å². The molecule has 2 nitrogen and oxygen atoms in total. The van der Waals surface area contributed by atoms with Crippen LogP contribution in [-0.4, -0.2) is 11.8 Å². The van der Waals surface area contributed by atoms with Crippen LogP contribution in [0, 0.1) is 13.8 Å². The van der Waals surface area contributed by atoms with Crippen LogP contribution in [0.4, 0.5) is 0 Å². The second-order valence-corrected chi connectivity index (χ2v) is 6.14. The maximum absolute atomic E-state index is 4.60. The van der Waals surface area contributed by atoms with Crippen LogP contribution in [0.3, 0.4) is 0 Å². The Hall–Kier alpha value is -1.84. The first-order chi connectivity index (χ1) is 10.3. The molecule has 1 heterocycles. The van der Waals surface area contributed by atoms with E-state index < -0.39 is 0 Å². The number of benzene rings is 2. The predicted molar refractivity (Wildman–Crippen MR) is 92.5 cm³/mol. The van der Waals surface area contributed by atoms with E-state index in [1.54, 1.807) is 0 Å². The van der Waals surface area contributed by atoms with Gasteiger partial charge in [-0.15, -0.1) is 0 Å². The molecule has 0 spiro atoms. The standard InChI is InChI=1S/C18H16N2S/c1-11-10-13-6-3-4-7-14(13)17(12(11)2)15-8-5-9-16-18(15)20-21-19-16/h3-10,16,19H,1-2H3. The summed E-state index contributed by atoms with van der Waals surface area (Å²) < 4.78 is 7.92. The van der Waals surface area contributed by atoms with Gasteiger partial charge in [-0.3, -0.25) is 0 Å². The first-order valence-electron chi connectivity index (χ1n) is 7.13. The van der Waals surface area contributed by atoms with Crippen molar-refractivity contribution in [3.05, 3.63) is 65.3 Å². The van der Waals surface area contributed by atoms with Crippen LogP contribution in [0.15, 0.2) is 53.0 Å². The zero-order chi connectivity index (χ0) is 14.4. The zero-order valence-electron chi connectivity index (χ0n) is 12.1. The van der Waals surface area contributed by atoms with Gasteiger partial charge in [0.15, 0.2) is 0 Å². The van der Waals surface area contributed by atoms with Gasteiger partial charge in [-0.25, -0.2) is 9.12 Å². The summed E-state index contributed by atoms with van der Waals surface area (Å²) in [5, 5.41) is 2.60. The second kappa shape index (κ2) is 4.86. The average Bonchev–Trinajstić information content (AvgIpc) is 2.97. The van der Waals surface area contributed by atoms with Crippen LogP contribution in [0.25, 0.3) is 16.3 Å². The van der Waals surface area contributed by atoms with Crippen molar-refractivity contribution in [1.82, 2.24) is 4.72 Å². The molecule has 2 aromatic rings. The molecule has 3 heteroatoms.